The number of piperidine rings is 1. The number of hydrogen-bond acceptors (Lipinski definition) is 5. The highest BCUT2D eigenvalue weighted by Gasteiger charge is 2.30. The third kappa shape index (κ3) is 6.50. The summed E-state index contributed by atoms with van der Waals surface area (Å²) in [6.45, 7) is 1.13. The van der Waals surface area contributed by atoms with Crippen molar-refractivity contribution in [2.24, 2.45) is 0 Å². The Bertz CT molecular complexity index is 949. The molecule has 10 heteroatoms. The highest BCUT2D eigenvalue weighted by atomic mass is 32.2. The lowest BCUT2D eigenvalue weighted by molar-refractivity contribution is -0.121. The lowest BCUT2D eigenvalue weighted by Gasteiger charge is -2.31. The number of nitrogens with one attached hydrogen (secondary N) is 1. The van der Waals surface area contributed by atoms with Crippen molar-refractivity contribution in [3.63, 3.8) is 0 Å². The first-order valence-electron chi connectivity index (χ1n) is 11.0. The average Bonchev–Trinajstić information content (AvgIpc) is 2.77. The van der Waals surface area contributed by atoms with Gasteiger partial charge in [0.15, 0.2) is 0 Å². The summed E-state index contributed by atoms with van der Waals surface area (Å²) >= 11 is 0. The van der Waals surface area contributed by atoms with Crippen LogP contribution in [0.5, 0.6) is 0 Å². The second kappa shape index (κ2) is 10.4. The number of carbonyl (C=O) groups is 1. The minimum Gasteiger partial charge on any atom is -0.351 e. The Morgan fingerprint density at radius 1 is 0.968 bits per heavy atom. The standard InChI is InChI=1S/C21H33N3O5S2/c1-30(26,27)24(19-8-4-2-5-9-19)17-21(25)22-16-18-10-12-20(13-11-18)31(28,29)23-14-6-3-7-15-23/h10-13,19H,2-9,14-17H2,1H3,(H,22,25). The van der Waals surface area contributed by atoms with Gasteiger partial charge in [-0.1, -0.05) is 37.8 Å². The highest BCUT2D eigenvalue weighted by Crippen LogP contribution is 2.24. The zero-order valence-corrected chi connectivity index (χ0v) is 19.8. The van der Waals surface area contributed by atoms with Crippen molar-refractivity contribution in [1.82, 2.24) is 13.9 Å². The molecular formula is C21H33N3O5S2. The Morgan fingerprint density at radius 2 is 1.55 bits per heavy atom. The van der Waals surface area contributed by atoms with E-state index in [1.807, 2.05) is 0 Å². The molecule has 0 unspecified atom stereocenters. The van der Waals surface area contributed by atoms with Crippen LogP contribution in [0.15, 0.2) is 29.2 Å². The van der Waals surface area contributed by atoms with Crippen molar-refractivity contribution < 1.29 is 21.6 Å². The fourth-order valence-corrected chi connectivity index (χ4v) is 6.94. The average molecular weight is 472 g/mol. The SMILES string of the molecule is CS(=O)(=O)N(CC(=O)NCc1ccc(S(=O)(=O)N2CCCCC2)cc1)C1CCCCC1. The van der Waals surface area contributed by atoms with E-state index in [4.69, 9.17) is 0 Å². The van der Waals surface area contributed by atoms with E-state index in [2.05, 4.69) is 5.32 Å². The van der Waals surface area contributed by atoms with E-state index in [0.717, 1.165) is 63.2 Å². The van der Waals surface area contributed by atoms with E-state index < -0.39 is 20.0 Å². The predicted octanol–water partition coefficient (Wildman–Crippen LogP) is 2.07. The molecule has 1 saturated heterocycles. The predicted molar refractivity (Wildman–Crippen MR) is 119 cm³/mol. The summed E-state index contributed by atoms with van der Waals surface area (Å²) in [5, 5.41) is 2.76. The van der Waals surface area contributed by atoms with Gasteiger partial charge in [-0.15, -0.1) is 0 Å². The summed E-state index contributed by atoms with van der Waals surface area (Å²) in [5.41, 5.74) is 0.759. The van der Waals surface area contributed by atoms with Crippen LogP contribution < -0.4 is 5.32 Å². The van der Waals surface area contributed by atoms with Crippen molar-refractivity contribution in [2.75, 3.05) is 25.9 Å². The molecule has 2 fully saturated rings. The minimum absolute atomic E-state index is 0.117. The molecule has 0 aromatic heterocycles. The summed E-state index contributed by atoms with van der Waals surface area (Å²) in [7, 11) is -6.96. The Labute approximate surface area is 186 Å². The zero-order chi connectivity index (χ0) is 22.5. The van der Waals surface area contributed by atoms with Gasteiger partial charge in [0, 0.05) is 25.7 Å². The van der Waals surface area contributed by atoms with Crippen molar-refractivity contribution in [1.29, 1.82) is 0 Å². The molecule has 3 rings (SSSR count). The van der Waals surface area contributed by atoms with Gasteiger partial charge >= 0.3 is 0 Å². The second-order valence-corrected chi connectivity index (χ2v) is 12.4. The van der Waals surface area contributed by atoms with E-state index in [1.54, 1.807) is 24.3 Å². The summed E-state index contributed by atoms with van der Waals surface area (Å²) in [6, 6.07) is 6.39. The molecule has 0 spiro atoms. The number of sulfonamides is 2. The van der Waals surface area contributed by atoms with Crippen molar-refractivity contribution in [3.05, 3.63) is 29.8 Å². The van der Waals surface area contributed by atoms with Gasteiger partial charge in [-0.2, -0.15) is 8.61 Å². The normalized spacial score (nSPS) is 19.4. The van der Waals surface area contributed by atoms with Gasteiger partial charge in [0.25, 0.3) is 0 Å². The highest BCUT2D eigenvalue weighted by molar-refractivity contribution is 7.89. The van der Waals surface area contributed by atoms with Gasteiger partial charge in [0.2, 0.25) is 26.0 Å². The molecule has 1 heterocycles. The quantitative estimate of drug-likeness (QED) is 0.625. The van der Waals surface area contributed by atoms with Gasteiger partial charge in [0.05, 0.1) is 17.7 Å². The number of benzene rings is 1. The van der Waals surface area contributed by atoms with Gasteiger partial charge in [-0.25, -0.2) is 16.8 Å². The van der Waals surface area contributed by atoms with Gasteiger partial charge in [-0.3, -0.25) is 4.79 Å². The molecule has 1 saturated carbocycles. The van der Waals surface area contributed by atoms with Gasteiger partial charge < -0.3 is 5.32 Å². The van der Waals surface area contributed by atoms with E-state index in [-0.39, 0.29) is 29.9 Å². The first-order chi connectivity index (χ1) is 14.7. The Hall–Kier alpha value is -1.49. The van der Waals surface area contributed by atoms with Crippen LogP contribution in [0.1, 0.15) is 56.9 Å². The number of nitrogens with zero attached hydrogens (tertiary/aromatic N) is 2. The first-order valence-corrected chi connectivity index (χ1v) is 14.3. The maximum Gasteiger partial charge on any atom is 0.243 e. The molecule has 1 aromatic rings. The minimum atomic E-state index is -3.48. The van der Waals surface area contributed by atoms with Crippen LogP contribution in [0.4, 0.5) is 0 Å². The molecule has 2 aliphatic rings. The lowest BCUT2D eigenvalue weighted by atomic mass is 9.95. The Balaban J connectivity index is 1.57. The van der Waals surface area contributed by atoms with Crippen LogP contribution >= 0.6 is 0 Å². The van der Waals surface area contributed by atoms with Crippen LogP contribution in [0.3, 0.4) is 0 Å². The third-order valence-electron chi connectivity index (χ3n) is 6.07. The van der Waals surface area contributed by atoms with Crippen LogP contribution in [0.25, 0.3) is 0 Å². The zero-order valence-electron chi connectivity index (χ0n) is 18.1. The van der Waals surface area contributed by atoms with Crippen molar-refractivity contribution in [3.8, 4) is 0 Å². The van der Waals surface area contributed by atoms with Crippen LogP contribution in [0, 0.1) is 0 Å². The summed E-state index contributed by atoms with van der Waals surface area (Å²) in [4.78, 5) is 12.7. The summed E-state index contributed by atoms with van der Waals surface area (Å²) in [5.74, 6) is -0.360. The molecule has 0 radical (unpaired) electrons. The molecule has 0 atom stereocenters. The molecular weight excluding hydrogens is 438 g/mol. The van der Waals surface area contributed by atoms with Crippen molar-refractivity contribution in [2.45, 2.75) is 68.8 Å². The van der Waals surface area contributed by atoms with E-state index in [1.165, 1.54) is 8.61 Å². The number of hydrogen-bond donors (Lipinski definition) is 1. The number of rotatable bonds is 8. The fourth-order valence-electron chi connectivity index (χ4n) is 4.32. The summed E-state index contributed by atoms with van der Waals surface area (Å²) < 4.78 is 52.7. The molecule has 174 valence electrons. The monoisotopic (exact) mass is 471 g/mol. The second-order valence-electron chi connectivity index (χ2n) is 8.49. The fraction of sp³-hybridized carbons (Fsp3) is 0.667. The van der Waals surface area contributed by atoms with Crippen LogP contribution in [-0.4, -0.2) is 63.3 Å². The first kappa shape index (κ1) is 24.2. The smallest absolute Gasteiger partial charge is 0.243 e. The van der Waals surface area contributed by atoms with Gasteiger partial charge in [-0.05, 0) is 43.4 Å². The van der Waals surface area contributed by atoms with Crippen molar-refractivity contribution >= 4 is 26.0 Å². The molecule has 1 aromatic carbocycles. The third-order valence-corrected chi connectivity index (χ3v) is 9.27. The van der Waals surface area contributed by atoms with E-state index in [0.29, 0.717) is 13.1 Å². The molecule has 1 amide bonds. The lowest BCUT2D eigenvalue weighted by Crippen LogP contribution is -2.46. The largest absolute Gasteiger partial charge is 0.351 e. The van der Waals surface area contributed by atoms with Crippen LogP contribution in [0.2, 0.25) is 0 Å². The van der Waals surface area contributed by atoms with Gasteiger partial charge in [0.1, 0.15) is 0 Å². The topological polar surface area (TPSA) is 104 Å². The van der Waals surface area contributed by atoms with E-state index >= 15 is 0 Å². The molecule has 31 heavy (non-hydrogen) atoms. The number of amides is 1. The molecule has 1 aliphatic carbocycles. The molecule has 8 nitrogen and oxygen atoms in total. The molecule has 1 aliphatic heterocycles. The molecule has 1 N–H and O–H groups in total. The maximum absolute atomic E-state index is 12.7. The Morgan fingerprint density at radius 3 is 2.13 bits per heavy atom. The van der Waals surface area contributed by atoms with E-state index in [9.17, 15) is 21.6 Å². The molecule has 0 bridgehead atoms. The number of carbonyl (C=O) groups excluding carboxylic acids is 1. The van der Waals surface area contributed by atoms with Crippen LogP contribution in [-0.2, 0) is 31.4 Å². The maximum atomic E-state index is 12.7. The Kier molecular flexibility index (Phi) is 8.12. The summed E-state index contributed by atoms with van der Waals surface area (Å²) in [6.07, 6.45) is 8.60.